The molecule has 162 valence electrons. The zero-order valence-corrected chi connectivity index (χ0v) is 18.3. The maximum atomic E-state index is 14.3. The third-order valence-corrected chi connectivity index (χ3v) is 6.47. The molecule has 3 aromatic rings. The Balaban J connectivity index is 1.81. The topological polar surface area (TPSA) is 78.1 Å². The van der Waals surface area contributed by atoms with Gasteiger partial charge in [-0.3, -0.25) is 14.5 Å². The molecule has 0 spiro atoms. The quantitative estimate of drug-likeness (QED) is 0.543. The number of nitrogens with zero attached hydrogens (tertiary/aromatic N) is 6. The van der Waals surface area contributed by atoms with Crippen LogP contribution in [0.3, 0.4) is 0 Å². The second-order valence-electron chi connectivity index (χ2n) is 8.48. The third kappa shape index (κ3) is 3.04. The summed E-state index contributed by atoms with van der Waals surface area (Å²) in [6.45, 7) is 2.95. The summed E-state index contributed by atoms with van der Waals surface area (Å²) in [5, 5.41) is 14.4. The van der Waals surface area contributed by atoms with E-state index in [1.807, 2.05) is 13.0 Å². The molecule has 2 aromatic heterocycles. The minimum absolute atomic E-state index is 0.128. The number of nitriles is 1. The van der Waals surface area contributed by atoms with Gasteiger partial charge in [0.05, 0.1) is 29.7 Å². The molecule has 1 fully saturated rings. The molecular weight excluding hydrogens is 407 g/mol. The lowest BCUT2D eigenvalue weighted by molar-refractivity contribution is 0.0781. The predicted molar refractivity (Wildman–Crippen MR) is 117 cm³/mol. The SMILES string of the molecule is Cc1ncc2cc1N1CCC[C@@H]1c1cc(F)ccc1C(=O)N(C)Cc1nn(C)c(C#N)c1-2. The molecule has 4 heterocycles. The maximum Gasteiger partial charge on any atom is 0.254 e. The summed E-state index contributed by atoms with van der Waals surface area (Å²) in [6, 6.07) is 8.57. The fourth-order valence-electron chi connectivity index (χ4n) is 4.96. The Hall–Kier alpha value is -3.73. The molecule has 2 aliphatic heterocycles. The van der Waals surface area contributed by atoms with E-state index in [9.17, 15) is 14.4 Å². The summed E-state index contributed by atoms with van der Waals surface area (Å²) in [4.78, 5) is 21.9. The number of rotatable bonds is 0. The Morgan fingerprint density at radius 2 is 2.06 bits per heavy atom. The van der Waals surface area contributed by atoms with Crippen LogP contribution >= 0.6 is 0 Å². The number of pyridine rings is 1. The van der Waals surface area contributed by atoms with Gasteiger partial charge >= 0.3 is 0 Å². The van der Waals surface area contributed by atoms with Gasteiger partial charge in [-0.1, -0.05) is 0 Å². The zero-order chi connectivity index (χ0) is 22.6. The number of anilines is 1. The number of hydrogen-bond acceptors (Lipinski definition) is 5. The average molecular weight is 430 g/mol. The van der Waals surface area contributed by atoms with Crippen LogP contribution in [0.25, 0.3) is 11.1 Å². The summed E-state index contributed by atoms with van der Waals surface area (Å²) >= 11 is 0. The number of amides is 1. The maximum absolute atomic E-state index is 14.3. The molecule has 0 unspecified atom stereocenters. The number of halogens is 1. The van der Waals surface area contributed by atoms with Gasteiger partial charge in [0.15, 0.2) is 0 Å². The van der Waals surface area contributed by atoms with Crippen LogP contribution < -0.4 is 4.90 Å². The van der Waals surface area contributed by atoms with Crippen molar-refractivity contribution in [2.24, 2.45) is 7.05 Å². The van der Waals surface area contributed by atoms with Crippen molar-refractivity contribution in [1.29, 1.82) is 5.26 Å². The molecular formula is C24H23FN6O. The summed E-state index contributed by atoms with van der Waals surface area (Å²) < 4.78 is 15.9. The minimum atomic E-state index is -0.354. The number of carbonyl (C=O) groups excluding carboxylic acids is 1. The van der Waals surface area contributed by atoms with Crippen LogP contribution in [-0.2, 0) is 13.6 Å². The van der Waals surface area contributed by atoms with E-state index in [1.165, 1.54) is 12.1 Å². The Morgan fingerprint density at radius 3 is 2.84 bits per heavy atom. The van der Waals surface area contributed by atoms with Gasteiger partial charge < -0.3 is 9.80 Å². The van der Waals surface area contributed by atoms with Gasteiger partial charge in [0.1, 0.15) is 17.6 Å². The second-order valence-corrected chi connectivity index (χ2v) is 8.48. The van der Waals surface area contributed by atoms with Crippen LogP contribution in [0, 0.1) is 24.1 Å². The van der Waals surface area contributed by atoms with Crippen LogP contribution in [0.2, 0.25) is 0 Å². The number of fused-ring (bicyclic) bond motifs is 8. The van der Waals surface area contributed by atoms with E-state index >= 15 is 0 Å². The highest BCUT2D eigenvalue weighted by molar-refractivity contribution is 5.96. The number of aromatic nitrogens is 3. The number of benzene rings is 1. The average Bonchev–Trinajstić information content (AvgIpc) is 3.37. The zero-order valence-electron chi connectivity index (χ0n) is 18.3. The first-order valence-electron chi connectivity index (χ1n) is 10.6. The fourth-order valence-corrected chi connectivity index (χ4v) is 4.96. The normalized spacial score (nSPS) is 17.7. The summed E-state index contributed by atoms with van der Waals surface area (Å²) in [7, 11) is 3.43. The molecule has 2 bridgehead atoms. The lowest BCUT2D eigenvalue weighted by atomic mass is 9.95. The molecule has 2 aliphatic rings. The summed E-state index contributed by atoms with van der Waals surface area (Å²) in [6.07, 6.45) is 3.50. The molecule has 1 saturated heterocycles. The van der Waals surface area contributed by atoms with Crippen molar-refractivity contribution >= 4 is 11.6 Å². The van der Waals surface area contributed by atoms with Crippen LogP contribution in [0.15, 0.2) is 30.5 Å². The Kier molecular flexibility index (Phi) is 4.70. The molecule has 32 heavy (non-hydrogen) atoms. The molecule has 8 heteroatoms. The molecule has 0 N–H and O–H groups in total. The lowest BCUT2D eigenvalue weighted by Gasteiger charge is -2.31. The number of hydrogen-bond donors (Lipinski definition) is 0. The fraction of sp³-hybridized carbons (Fsp3) is 0.333. The van der Waals surface area contributed by atoms with Gasteiger partial charge in [-0.25, -0.2) is 4.39 Å². The number of carbonyl (C=O) groups is 1. The van der Waals surface area contributed by atoms with Crippen molar-refractivity contribution in [3.63, 3.8) is 0 Å². The van der Waals surface area contributed by atoms with Crippen molar-refractivity contribution < 1.29 is 9.18 Å². The Morgan fingerprint density at radius 1 is 1.25 bits per heavy atom. The van der Waals surface area contributed by atoms with Crippen molar-refractivity contribution in [3.8, 4) is 17.2 Å². The van der Waals surface area contributed by atoms with Gasteiger partial charge in [-0.2, -0.15) is 10.4 Å². The minimum Gasteiger partial charge on any atom is -0.363 e. The largest absolute Gasteiger partial charge is 0.363 e. The van der Waals surface area contributed by atoms with Gasteiger partial charge in [-0.15, -0.1) is 0 Å². The molecule has 0 aliphatic carbocycles. The monoisotopic (exact) mass is 430 g/mol. The van der Waals surface area contributed by atoms with Crippen molar-refractivity contribution in [2.75, 3.05) is 18.5 Å². The van der Waals surface area contributed by atoms with E-state index in [1.54, 1.807) is 35.9 Å². The molecule has 1 aromatic carbocycles. The first-order valence-corrected chi connectivity index (χ1v) is 10.6. The molecule has 7 nitrogen and oxygen atoms in total. The number of aryl methyl sites for hydroxylation is 2. The predicted octanol–water partition coefficient (Wildman–Crippen LogP) is 3.73. The van der Waals surface area contributed by atoms with Crippen LogP contribution in [0.1, 0.15) is 51.9 Å². The smallest absolute Gasteiger partial charge is 0.254 e. The van der Waals surface area contributed by atoms with Gasteiger partial charge in [0, 0.05) is 43.5 Å². The highest BCUT2D eigenvalue weighted by atomic mass is 19.1. The Labute approximate surface area is 185 Å². The highest BCUT2D eigenvalue weighted by Crippen LogP contribution is 2.41. The third-order valence-electron chi connectivity index (χ3n) is 6.47. The van der Waals surface area contributed by atoms with E-state index in [0.717, 1.165) is 36.3 Å². The van der Waals surface area contributed by atoms with Crippen molar-refractivity contribution in [1.82, 2.24) is 19.7 Å². The molecule has 5 rings (SSSR count). The van der Waals surface area contributed by atoms with Crippen molar-refractivity contribution in [3.05, 3.63) is 64.5 Å². The van der Waals surface area contributed by atoms with E-state index in [4.69, 9.17) is 0 Å². The molecule has 1 amide bonds. The molecule has 0 radical (unpaired) electrons. The van der Waals surface area contributed by atoms with E-state index in [0.29, 0.717) is 28.1 Å². The highest BCUT2D eigenvalue weighted by Gasteiger charge is 2.33. The van der Waals surface area contributed by atoms with E-state index < -0.39 is 0 Å². The standard InChI is InChI=1S/C24H23FN6O/c1-14-21-9-15(12-27-14)23-19(28-30(3)22(23)11-26)13-29(2)24(32)17-7-6-16(25)10-18(17)20-5-4-8-31(20)21/h6-7,9-10,12,20H,4-5,8,13H2,1-3H3/t20-/m1/s1. The summed E-state index contributed by atoms with van der Waals surface area (Å²) in [5.74, 6) is -0.548. The Bertz CT molecular complexity index is 1290. The van der Waals surface area contributed by atoms with Crippen LogP contribution in [-0.4, -0.2) is 39.2 Å². The van der Waals surface area contributed by atoms with Gasteiger partial charge in [-0.05, 0) is 49.6 Å². The van der Waals surface area contributed by atoms with E-state index in [2.05, 4.69) is 21.1 Å². The first kappa shape index (κ1) is 20.2. The first-order chi connectivity index (χ1) is 15.4. The van der Waals surface area contributed by atoms with Crippen LogP contribution in [0.4, 0.5) is 10.1 Å². The van der Waals surface area contributed by atoms with Crippen molar-refractivity contribution in [2.45, 2.75) is 32.4 Å². The van der Waals surface area contributed by atoms with E-state index in [-0.39, 0.29) is 24.3 Å². The second kappa shape index (κ2) is 7.45. The van der Waals surface area contributed by atoms with Gasteiger partial charge in [0.2, 0.25) is 0 Å². The summed E-state index contributed by atoms with van der Waals surface area (Å²) in [5.41, 5.74) is 5.50. The molecule has 1 atom stereocenters. The molecule has 0 saturated carbocycles. The van der Waals surface area contributed by atoms with Crippen LogP contribution in [0.5, 0.6) is 0 Å². The van der Waals surface area contributed by atoms with Gasteiger partial charge in [0.25, 0.3) is 5.91 Å². The lowest BCUT2D eigenvalue weighted by Crippen LogP contribution is -2.31.